The maximum atomic E-state index is 14.4. The minimum absolute atomic E-state index is 0.0940. The Balaban J connectivity index is 1.79. The summed E-state index contributed by atoms with van der Waals surface area (Å²) in [5.41, 5.74) is 1.80. The van der Waals surface area contributed by atoms with E-state index in [1.165, 1.54) is 31.1 Å². The summed E-state index contributed by atoms with van der Waals surface area (Å²) in [4.78, 5) is 68.1. The molecule has 0 unspecified atom stereocenters. The van der Waals surface area contributed by atoms with Crippen LogP contribution in [-0.4, -0.2) is 80.2 Å². The van der Waals surface area contributed by atoms with Crippen LogP contribution in [0.25, 0.3) is 5.76 Å². The fourth-order valence-corrected chi connectivity index (χ4v) is 8.12. The number of phenolic OH excluding ortho intramolecular Hbond substituents is 1. The number of hydrogen-bond acceptors (Lipinski definition) is 10. The van der Waals surface area contributed by atoms with Crippen LogP contribution in [0, 0.1) is 23.7 Å². The molecule has 1 aromatic carbocycles. The van der Waals surface area contributed by atoms with Crippen LogP contribution in [-0.2, 0) is 24.0 Å². The number of fused-ring (bicyclic) bond motifs is 3. The number of benzene rings is 1. The van der Waals surface area contributed by atoms with E-state index in [0.29, 0.717) is 11.3 Å². The molecular weight excluding hydrogens is 570 g/mol. The highest BCUT2D eigenvalue weighted by Crippen LogP contribution is 2.60. The number of nitrogens with two attached hydrogens (primary N) is 1. The third-order valence-electron chi connectivity index (χ3n) is 10.1. The van der Waals surface area contributed by atoms with Crippen LogP contribution in [0.4, 0.5) is 5.69 Å². The van der Waals surface area contributed by atoms with Gasteiger partial charge in [0.1, 0.15) is 28.6 Å². The van der Waals surface area contributed by atoms with Gasteiger partial charge in [0.05, 0.1) is 11.6 Å². The zero-order valence-electron chi connectivity index (χ0n) is 25.2. The van der Waals surface area contributed by atoms with Crippen LogP contribution in [0.2, 0.25) is 0 Å². The molecule has 5 rings (SSSR count). The Kier molecular flexibility index (Phi) is 7.96. The van der Waals surface area contributed by atoms with Gasteiger partial charge in [0.2, 0.25) is 11.7 Å². The van der Waals surface area contributed by atoms with E-state index >= 15 is 0 Å². The highest BCUT2D eigenvalue weighted by atomic mass is 16.3. The van der Waals surface area contributed by atoms with Gasteiger partial charge in [-0.2, -0.15) is 0 Å². The fraction of sp³-hybridized carbons (Fsp3) is 0.531. The molecule has 2 fully saturated rings. The number of aliphatic hydroxyl groups is 3. The average Bonchev–Trinajstić information content (AvgIpc) is 3.50. The van der Waals surface area contributed by atoms with Gasteiger partial charge < -0.3 is 31.5 Å². The maximum absolute atomic E-state index is 14.4. The summed E-state index contributed by atoms with van der Waals surface area (Å²) >= 11 is 0. The zero-order chi connectivity index (χ0) is 32.4. The number of carbonyl (C=O) groups is 5. The lowest BCUT2D eigenvalue weighted by atomic mass is 9.50. The minimum Gasteiger partial charge on any atom is -0.508 e. The van der Waals surface area contributed by atoms with Crippen LogP contribution >= 0.6 is 0 Å². The highest BCUT2D eigenvalue weighted by Gasteiger charge is 2.68. The van der Waals surface area contributed by atoms with Gasteiger partial charge in [-0.15, -0.1) is 0 Å². The molecule has 12 nitrogen and oxygen atoms in total. The number of rotatable bonds is 7. The van der Waals surface area contributed by atoms with Crippen molar-refractivity contribution in [1.29, 1.82) is 0 Å². The van der Waals surface area contributed by atoms with E-state index in [-0.39, 0.29) is 47.3 Å². The largest absolute Gasteiger partial charge is 0.508 e. The Hall–Kier alpha value is -4.03. The van der Waals surface area contributed by atoms with Crippen molar-refractivity contribution in [2.24, 2.45) is 29.4 Å². The van der Waals surface area contributed by atoms with Gasteiger partial charge in [0.25, 0.3) is 5.91 Å². The van der Waals surface area contributed by atoms with E-state index in [1.54, 1.807) is 13.8 Å². The molecule has 0 bridgehead atoms. The maximum Gasteiger partial charge on any atom is 0.255 e. The molecule has 0 aliphatic heterocycles. The quantitative estimate of drug-likeness (QED) is 0.196. The molecule has 4 aliphatic carbocycles. The molecule has 44 heavy (non-hydrogen) atoms. The lowest BCUT2D eigenvalue weighted by molar-refractivity contribution is -0.162. The van der Waals surface area contributed by atoms with Crippen molar-refractivity contribution in [3.05, 3.63) is 40.2 Å². The van der Waals surface area contributed by atoms with E-state index < -0.39 is 69.9 Å². The number of primary amides is 1. The lowest BCUT2D eigenvalue weighted by Gasteiger charge is -2.55. The van der Waals surface area contributed by atoms with Crippen molar-refractivity contribution in [2.45, 2.75) is 69.9 Å². The second-order valence-corrected chi connectivity index (χ2v) is 12.7. The molecule has 0 aromatic heterocycles. The topological polar surface area (TPSA) is 208 Å². The molecule has 4 aliphatic rings. The van der Waals surface area contributed by atoms with Crippen LogP contribution in [0.3, 0.4) is 0 Å². The molecule has 2 saturated carbocycles. The predicted octanol–water partition coefficient (Wildman–Crippen LogP) is 2.25. The van der Waals surface area contributed by atoms with E-state index in [2.05, 4.69) is 5.32 Å². The zero-order valence-corrected chi connectivity index (χ0v) is 25.2. The SMILES string of the molecule is CCC(=O)C[C@H]1[C@H]2C(=C(O)c3c(O)ccc(NC(=O)C4CCCC4)c3[C@@H]2C)C(=O)[C@]2(O)C(O)=C(C(N)=O)C(=O)[C@@H](N(C)C)[C@H]12. The molecule has 12 heteroatoms. The Morgan fingerprint density at radius 1 is 1.09 bits per heavy atom. The van der Waals surface area contributed by atoms with E-state index in [4.69, 9.17) is 5.73 Å². The molecule has 0 heterocycles. The van der Waals surface area contributed by atoms with Gasteiger partial charge >= 0.3 is 0 Å². The Morgan fingerprint density at radius 3 is 2.30 bits per heavy atom. The smallest absolute Gasteiger partial charge is 0.255 e. The number of phenols is 1. The summed E-state index contributed by atoms with van der Waals surface area (Å²) < 4.78 is 0. The van der Waals surface area contributed by atoms with Gasteiger partial charge in [0.15, 0.2) is 11.4 Å². The average molecular weight is 610 g/mol. The second kappa shape index (κ2) is 11.2. The number of nitrogens with one attached hydrogen (secondary N) is 1. The van der Waals surface area contributed by atoms with Crippen molar-refractivity contribution < 1.29 is 44.4 Å². The number of aromatic hydroxyl groups is 1. The summed E-state index contributed by atoms with van der Waals surface area (Å²) in [5.74, 6) is -10.5. The predicted molar refractivity (Wildman–Crippen MR) is 158 cm³/mol. The molecule has 2 amide bonds. The number of amides is 2. The first-order valence-corrected chi connectivity index (χ1v) is 15.0. The number of likely N-dealkylation sites (N-methyl/N-ethyl adjacent to an activating group) is 1. The van der Waals surface area contributed by atoms with Crippen LogP contribution in [0.5, 0.6) is 5.75 Å². The number of carbonyl (C=O) groups excluding carboxylic acids is 5. The highest BCUT2D eigenvalue weighted by molar-refractivity contribution is 6.24. The number of nitrogens with zero attached hydrogens (tertiary/aromatic N) is 1. The summed E-state index contributed by atoms with van der Waals surface area (Å²) in [6, 6.07) is 1.45. The first kappa shape index (κ1) is 31.4. The molecule has 236 valence electrons. The van der Waals surface area contributed by atoms with Gasteiger partial charge in [0, 0.05) is 41.9 Å². The number of aliphatic hydroxyl groups excluding tert-OH is 2. The monoisotopic (exact) mass is 609 g/mol. The Bertz CT molecular complexity index is 1540. The number of Topliss-reactive ketones (excluding diaryl/α,β-unsaturated/α-hetero) is 3. The molecule has 7 N–H and O–H groups in total. The molecule has 0 spiro atoms. The van der Waals surface area contributed by atoms with E-state index in [9.17, 15) is 44.4 Å². The second-order valence-electron chi connectivity index (χ2n) is 12.7. The number of anilines is 1. The summed E-state index contributed by atoms with van der Waals surface area (Å²) in [6.07, 6.45) is 3.19. The lowest BCUT2D eigenvalue weighted by Crippen LogP contribution is -2.69. The first-order valence-electron chi connectivity index (χ1n) is 15.0. The molecule has 1 aromatic rings. The third kappa shape index (κ3) is 4.45. The van der Waals surface area contributed by atoms with Crippen molar-refractivity contribution in [3.63, 3.8) is 0 Å². The van der Waals surface area contributed by atoms with Crippen molar-refractivity contribution >= 4 is 40.6 Å². The summed E-state index contributed by atoms with van der Waals surface area (Å²) in [7, 11) is 3.01. The molecular formula is C32H39N3O9. The van der Waals surface area contributed by atoms with Crippen LogP contribution < -0.4 is 11.1 Å². The molecule has 6 atom stereocenters. The van der Waals surface area contributed by atoms with Gasteiger partial charge in [-0.3, -0.25) is 28.9 Å². The third-order valence-corrected chi connectivity index (χ3v) is 10.1. The normalized spacial score (nSPS) is 30.3. The number of hydrogen-bond donors (Lipinski definition) is 6. The van der Waals surface area contributed by atoms with Gasteiger partial charge in [-0.05, 0) is 56.5 Å². The van der Waals surface area contributed by atoms with Crippen molar-refractivity contribution in [2.75, 3.05) is 19.4 Å². The van der Waals surface area contributed by atoms with Crippen LogP contribution in [0.15, 0.2) is 29.0 Å². The van der Waals surface area contributed by atoms with E-state index in [1.807, 2.05) is 0 Å². The Labute approximate surface area is 254 Å². The number of ketones is 3. The molecule has 0 radical (unpaired) electrons. The molecule has 0 saturated heterocycles. The summed E-state index contributed by atoms with van der Waals surface area (Å²) in [6.45, 7) is 3.37. The van der Waals surface area contributed by atoms with Gasteiger partial charge in [-0.1, -0.05) is 26.7 Å². The van der Waals surface area contributed by atoms with Crippen molar-refractivity contribution in [3.8, 4) is 5.75 Å². The van der Waals surface area contributed by atoms with Crippen LogP contribution in [0.1, 0.15) is 69.4 Å². The fourth-order valence-electron chi connectivity index (χ4n) is 8.12. The van der Waals surface area contributed by atoms with Gasteiger partial charge in [-0.25, -0.2) is 0 Å². The Morgan fingerprint density at radius 2 is 1.73 bits per heavy atom. The van der Waals surface area contributed by atoms with E-state index in [0.717, 1.165) is 25.7 Å². The van der Waals surface area contributed by atoms with Crippen molar-refractivity contribution in [1.82, 2.24) is 4.90 Å². The minimum atomic E-state index is -2.90. The summed E-state index contributed by atoms with van der Waals surface area (Å²) in [5, 5.41) is 49.1. The first-order chi connectivity index (χ1) is 20.7. The standard InChI is InChI=1S/C32H39N3O9/c1-5-15(36)12-16-19-13(2)20-17(34-31(43)14-8-6-7-9-14)10-11-18(37)21(20)26(38)22(19)28(40)32(44)24(16)25(35(3)4)27(39)23(29(32)41)30(33)42/h10-11,13-14,16,19,24-25,37-38,41,44H,5-9,12H2,1-4H3,(H2,33,42)(H,34,43)/t13-,16+,19+,24+,25+,32+/m1/s1.